The molecule has 4 aliphatic heterocycles. The highest BCUT2D eigenvalue weighted by molar-refractivity contribution is 5.97. The highest BCUT2D eigenvalue weighted by Gasteiger charge is 2.51. The van der Waals surface area contributed by atoms with Gasteiger partial charge in [-0.1, -0.05) is 31.2 Å². The molecular formula is C18H23N3O. The second kappa shape index (κ2) is 5.20. The molecule has 4 heterocycles. The lowest BCUT2D eigenvalue weighted by Crippen LogP contribution is -2.56. The summed E-state index contributed by atoms with van der Waals surface area (Å²) >= 11 is 0. The van der Waals surface area contributed by atoms with E-state index in [-0.39, 0.29) is 11.9 Å². The van der Waals surface area contributed by atoms with Crippen LogP contribution in [0.2, 0.25) is 0 Å². The second-order valence-electron chi connectivity index (χ2n) is 6.67. The third-order valence-corrected chi connectivity index (χ3v) is 5.50. The summed E-state index contributed by atoms with van der Waals surface area (Å²) in [5.41, 5.74) is 3.76. The van der Waals surface area contributed by atoms with Crippen LogP contribution in [0.15, 0.2) is 29.4 Å². The van der Waals surface area contributed by atoms with Crippen LogP contribution in [-0.2, 0) is 4.79 Å². The number of piperidine rings is 3. The summed E-state index contributed by atoms with van der Waals surface area (Å²) in [6.45, 7) is 6.35. The van der Waals surface area contributed by atoms with Crippen molar-refractivity contribution < 1.29 is 4.79 Å². The van der Waals surface area contributed by atoms with Gasteiger partial charge in [-0.2, -0.15) is 5.10 Å². The molecule has 22 heavy (non-hydrogen) atoms. The molecule has 2 unspecified atom stereocenters. The van der Waals surface area contributed by atoms with Crippen molar-refractivity contribution >= 4 is 11.6 Å². The smallest absolute Gasteiger partial charge is 0.243 e. The molecule has 4 aliphatic rings. The molecule has 3 saturated heterocycles. The lowest BCUT2D eigenvalue weighted by atomic mass is 9.77. The molecule has 1 aromatic rings. The van der Waals surface area contributed by atoms with Gasteiger partial charge in [-0.05, 0) is 44.0 Å². The minimum atomic E-state index is 0.0618. The number of rotatable bonds is 2. The highest BCUT2D eigenvalue weighted by Crippen LogP contribution is 2.44. The van der Waals surface area contributed by atoms with Crippen LogP contribution in [0.25, 0.3) is 0 Å². The van der Waals surface area contributed by atoms with Crippen LogP contribution in [0.3, 0.4) is 0 Å². The Balaban J connectivity index is 1.80. The Morgan fingerprint density at radius 3 is 2.64 bits per heavy atom. The van der Waals surface area contributed by atoms with Gasteiger partial charge in [0.1, 0.15) is 6.04 Å². The zero-order chi connectivity index (χ0) is 15.3. The van der Waals surface area contributed by atoms with Crippen LogP contribution in [0.5, 0.6) is 0 Å². The van der Waals surface area contributed by atoms with Gasteiger partial charge in [0.15, 0.2) is 0 Å². The molecule has 0 aliphatic carbocycles. The summed E-state index contributed by atoms with van der Waals surface area (Å²) in [7, 11) is 0. The Bertz CT molecular complexity index is 631. The Hall–Kier alpha value is -1.68. The van der Waals surface area contributed by atoms with E-state index in [0.717, 1.165) is 13.1 Å². The average molecular weight is 297 g/mol. The number of fused-ring (bicyclic) bond motifs is 2. The van der Waals surface area contributed by atoms with Crippen molar-refractivity contribution in [2.75, 3.05) is 13.1 Å². The minimum absolute atomic E-state index is 0.0618. The topological polar surface area (TPSA) is 35.9 Å². The third kappa shape index (κ3) is 1.93. The second-order valence-corrected chi connectivity index (χ2v) is 6.67. The summed E-state index contributed by atoms with van der Waals surface area (Å²) in [5, 5.41) is 6.61. The number of nitrogens with zero attached hydrogens (tertiary/aromatic N) is 3. The summed E-state index contributed by atoms with van der Waals surface area (Å²) in [5.74, 6) is 0.715. The lowest BCUT2D eigenvalue weighted by molar-refractivity contribution is -0.133. The van der Waals surface area contributed by atoms with Crippen molar-refractivity contribution in [3.63, 3.8) is 0 Å². The molecule has 2 bridgehead atoms. The van der Waals surface area contributed by atoms with Crippen LogP contribution < -0.4 is 0 Å². The van der Waals surface area contributed by atoms with Gasteiger partial charge in [0.05, 0.1) is 11.8 Å². The maximum Gasteiger partial charge on any atom is 0.243 e. The number of hydrogen-bond acceptors (Lipinski definition) is 3. The number of amides is 1. The van der Waals surface area contributed by atoms with Crippen molar-refractivity contribution in [2.45, 2.75) is 45.2 Å². The number of hydrazone groups is 1. The van der Waals surface area contributed by atoms with Crippen LogP contribution in [0.1, 0.15) is 43.4 Å². The molecule has 0 aromatic heterocycles. The largest absolute Gasteiger partial charge is 0.293 e. The molecule has 0 N–H and O–H groups in total. The van der Waals surface area contributed by atoms with Crippen molar-refractivity contribution in [3.05, 3.63) is 35.4 Å². The van der Waals surface area contributed by atoms with Crippen molar-refractivity contribution in [1.29, 1.82) is 0 Å². The molecular weight excluding hydrogens is 274 g/mol. The molecule has 3 fully saturated rings. The summed E-state index contributed by atoms with van der Waals surface area (Å²) in [6, 6.07) is 8.80. The number of benzene rings is 1. The van der Waals surface area contributed by atoms with Gasteiger partial charge < -0.3 is 0 Å². The van der Waals surface area contributed by atoms with Crippen LogP contribution in [-0.4, -0.2) is 40.7 Å². The minimum Gasteiger partial charge on any atom is -0.293 e. The van der Waals surface area contributed by atoms with Gasteiger partial charge >= 0.3 is 0 Å². The molecule has 0 saturated carbocycles. The average Bonchev–Trinajstić information content (AvgIpc) is 2.98. The predicted octanol–water partition coefficient (Wildman–Crippen LogP) is 2.74. The Labute approximate surface area is 131 Å². The molecule has 1 amide bonds. The first-order valence-corrected chi connectivity index (χ1v) is 8.40. The Kier molecular flexibility index (Phi) is 3.30. The van der Waals surface area contributed by atoms with E-state index in [1.54, 1.807) is 5.01 Å². The SMILES string of the molecule is CCC(=O)N1N=C2C3CCN(CC3)C2C1c1ccccc1C. The van der Waals surface area contributed by atoms with E-state index in [1.165, 1.54) is 29.7 Å². The van der Waals surface area contributed by atoms with Gasteiger partial charge in [-0.3, -0.25) is 9.69 Å². The van der Waals surface area contributed by atoms with E-state index in [1.807, 2.05) is 6.92 Å². The molecule has 0 radical (unpaired) electrons. The van der Waals surface area contributed by atoms with Gasteiger partial charge in [0.25, 0.3) is 0 Å². The first kappa shape index (κ1) is 13.9. The van der Waals surface area contributed by atoms with E-state index >= 15 is 0 Å². The van der Waals surface area contributed by atoms with Crippen molar-refractivity contribution in [1.82, 2.24) is 9.91 Å². The van der Waals surface area contributed by atoms with Crippen molar-refractivity contribution in [3.8, 4) is 0 Å². The maximum atomic E-state index is 12.5. The van der Waals surface area contributed by atoms with Gasteiger partial charge in [-0.25, -0.2) is 5.01 Å². The van der Waals surface area contributed by atoms with Crippen molar-refractivity contribution in [2.24, 2.45) is 11.0 Å². The van der Waals surface area contributed by atoms with E-state index in [0.29, 0.717) is 18.4 Å². The van der Waals surface area contributed by atoms with Crippen LogP contribution >= 0.6 is 0 Å². The van der Waals surface area contributed by atoms with Gasteiger partial charge in [-0.15, -0.1) is 0 Å². The third-order valence-electron chi connectivity index (χ3n) is 5.50. The van der Waals surface area contributed by atoms with Gasteiger partial charge in [0, 0.05) is 12.3 Å². The monoisotopic (exact) mass is 297 g/mol. The molecule has 0 spiro atoms. The Morgan fingerprint density at radius 1 is 1.23 bits per heavy atom. The van der Waals surface area contributed by atoms with Gasteiger partial charge in [0.2, 0.25) is 5.91 Å². The molecule has 4 nitrogen and oxygen atoms in total. The fourth-order valence-electron chi connectivity index (χ4n) is 4.32. The fraction of sp³-hybridized carbons (Fsp3) is 0.556. The van der Waals surface area contributed by atoms with E-state index in [4.69, 9.17) is 5.10 Å². The molecule has 2 atom stereocenters. The van der Waals surface area contributed by atoms with Crippen LogP contribution in [0.4, 0.5) is 0 Å². The zero-order valence-electron chi connectivity index (χ0n) is 13.3. The lowest BCUT2D eigenvalue weighted by Gasteiger charge is -2.46. The number of carbonyl (C=O) groups excluding carboxylic acids is 1. The normalized spacial score (nSPS) is 32.8. The molecule has 1 aromatic carbocycles. The number of aryl methyl sites for hydroxylation is 1. The summed E-state index contributed by atoms with van der Waals surface area (Å²) in [4.78, 5) is 15.0. The fourth-order valence-corrected chi connectivity index (χ4v) is 4.32. The van der Waals surface area contributed by atoms with E-state index in [9.17, 15) is 4.79 Å². The first-order chi connectivity index (χ1) is 10.7. The van der Waals surface area contributed by atoms with E-state index in [2.05, 4.69) is 36.1 Å². The zero-order valence-corrected chi connectivity index (χ0v) is 13.3. The first-order valence-electron chi connectivity index (χ1n) is 8.40. The Morgan fingerprint density at radius 2 is 1.95 bits per heavy atom. The molecule has 4 heteroatoms. The quantitative estimate of drug-likeness (QED) is 0.841. The summed E-state index contributed by atoms with van der Waals surface area (Å²) in [6.07, 6.45) is 2.91. The predicted molar refractivity (Wildman–Crippen MR) is 86.6 cm³/mol. The maximum absolute atomic E-state index is 12.5. The molecule has 5 rings (SSSR count). The van der Waals surface area contributed by atoms with E-state index < -0.39 is 0 Å². The highest BCUT2D eigenvalue weighted by atomic mass is 16.2. The molecule has 116 valence electrons. The summed E-state index contributed by atoms with van der Waals surface area (Å²) < 4.78 is 0. The standard InChI is InChI=1S/C18H23N3O/c1-3-15(22)21-17(14-7-5-4-6-12(14)2)18-16(19-21)13-8-10-20(18)11-9-13/h4-7,13,17-18H,3,8-11H2,1-2H3. The van der Waals surface area contributed by atoms with Crippen LogP contribution in [0, 0.1) is 12.8 Å². The number of carbonyl (C=O) groups is 1. The number of hydrogen-bond donors (Lipinski definition) is 0.